The summed E-state index contributed by atoms with van der Waals surface area (Å²) in [5.74, 6) is 1.48. The average molecular weight is 384 g/mol. The predicted octanol–water partition coefficient (Wildman–Crippen LogP) is 4.45. The van der Waals surface area contributed by atoms with Gasteiger partial charge in [-0.1, -0.05) is 23.8 Å². The van der Waals surface area contributed by atoms with Crippen molar-refractivity contribution in [3.8, 4) is 5.75 Å². The zero-order valence-corrected chi connectivity index (χ0v) is 18.1. The lowest BCUT2D eigenvalue weighted by Gasteiger charge is -2.26. The van der Waals surface area contributed by atoms with Crippen LogP contribution in [0, 0.1) is 0 Å². The minimum atomic E-state index is -0.00481. The van der Waals surface area contributed by atoms with E-state index in [1.165, 1.54) is 0 Å². The number of carbonyl (C=O) groups is 1. The summed E-state index contributed by atoms with van der Waals surface area (Å²) in [6, 6.07) is 7.80. The first-order chi connectivity index (χ1) is 13.3. The van der Waals surface area contributed by atoms with E-state index in [2.05, 4.69) is 24.0 Å². The highest BCUT2D eigenvalue weighted by Gasteiger charge is 2.38. The molecule has 0 unspecified atom stereocenters. The highest BCUT2D eigenvalue weighted by atomic mass is 16.5. The number of aliphatic imine (C=N–C) groups is 1. The lowest BCUT2D eigenvalue weighted by atomic mass is 10.00. The van der Waals surface area contributed by atoms with Crippen LogP contribution in [0.4, 0.5) is 0 Å². The van der Waals surface area contributed by atoms with E-state index in [0.29, 0.717) is 24.5 Å². The van der Waals surface area contributed by atoms with E-state index in [-0.39, 0.29) is 11.4 Å². The van der Waals surface area contributed by atoms with Gasteiger partial charge in [0.1, 0.15) is 11.6 Å². The van der Waals surface area contributed by atoms with Crippen LogP contribution >= 0.6 is 0 Å². The van der Waals surface area contributed by atoms with Crippen molar-refractivity contribution in [2.24, 2.45) is 4.99 Å². The van der Waals surface area contributed by atoms with Crippen molar-refractivity contribution in [1.29, 1.82) is 0 Å². The lowest BCUT2D eigenvalue weighted by molar-refractivity contribution is -0.127. The van der Waals surface area contributed by atoms with Gasteiger partial charge in [-0.3, -0.25) is 4.79 Å². The fourth-order valence-electron chi connectivity index (χ4n) is 3.24. The van der Waals surface area contributed by atoms with Gasteiger partial charge < -0.3 is 15.0 Å². The van der Waals surface area contributed by atoms with E-state index in [4.69, 9.17) is 4.74 Å². The number of allylic oxidation sites excluding steroid dienone is 1. The van der Waals surface area contributed by atoms with E-state index < -0.39 is 0 Å². The first kappa shape index (κ1) is 21.7. The van der Waals surface area contributed by atoms with Crippen LogP contribution in [0.15, 0.2) is 51.8 Å². The Balaban J connectivity index is 2.34. The smallest absolute Gasteiger partial charge is 0.254 e. The molecule has 152 valence electrons. The molecule has 28 heavy (non-hydrogen) atoms. The summed E-state index contributed by atoms with van der Waals surface area (Å²) in [6.07, 6.45) is 2.21. The largest absolute Gasteiger partial charge is 0.496 e. The average Bonchev–Trinajstić information content (AvgIpc) is 3.41. The normalized spacial score (nSPS) is 15.2. The van der Waals surface area contributed by atoms with E-state index in [9.17, 15) is 4.79 Å². The molecule has 0 radical (unpaired) electrons. The molecule has 5 nitrogen and oxygen atoms in total. The van der Waals surface area contributed by atoms with Crippen LogP contribution in [0.25, 0.3) is 0 Å². The minimum Gasteiger partial charge on any atom is -0.496 e. The molecule has 0 aliphatic heterocycles. The number of hydrogen-bond donors (Lipinski definition) is 1. The van der Waals surface area contributed by atoms with Gasteiger partial charge in [0.2, 0.25) is 0 Å². The number of ether oxygens (including phenoxy) is 1. The molecule has 0 saturated heterocycles. The Labute approximate surface area is 169 Å². The Morgan fingerprint density at radius 1 is 1.29 bits per heavy atom. The number of methoxy groups -OCH3 is 1. The van der Waals surface area contributed by atoms with E-state index >= 15 is 0 Å². The Bertz CT molecular complexity index is 800. The number of amides is 1. The zero-order valence-electron chi connectivity index (χ0n) is 18.1. The fourth-order valence-corrected chi connectivity index (χ4v) is 3.24. The molecule has 5 heteroatoms. The van der Waals surface area contributed by atoms with Crippen LogP contribution in [0.2, 0.25) is 0 Å². The molecule has 0 spiro atoms. The SMILES string of the molecule is C=N/C(NC1(C)CC1)=C(\C)C(C(=O)N(CC)Cc1ccccc1OC)=C(C)C. The Hall–Kier alpha value is -2.56. The lowest BCUT2D eigenvalue weighted by Crippen LogP contribution is -2.34. The maximum absolute atomic E-state index is 13.5. The summed E-state index contributed by atoms with van der Waals surface area (Å²) in [5, 5.41) is 3.46. The highest BCUT2D eigenvalue weighted by Crippen LogP contribution is 2.36. The standard InChI is InChI=1S/C23H33N3O2/c1-8-26(15-18-11-9-10-12-19(18)28-7)22(27)20(16(2)3)17(4)21(24-6)25-23(5)13-14-23/h9-12,25H,6,8,13-15H2,1-5,7H3/b21-17-. The summed E-state index contributed by atoms with van der Waals surface area (Å²) in [5.41, 5.74) is 3.54. The number of rotatable bonds is 9. The molecule has 0 aromatic heterocycles. The maximum atomic E-state index is 13.5. The number of nitrogens with zero attached hydrogens (tertiary/aromatic N) is 2. The molecule has 1 amide bonds. The van der Waals surface area contributed by atoms with Crippen molar-refractivity contribution in [3.05, 3.63) is 52.4 Å². The molecular formula is C23H33N3O2. The second-order valence-corrected chi connectivity index (χ2v) is 7.82. The van der Waals surface area contributed by atoms with Gasteiger partial charge in [-0.05, 0) is 60.2 Å². The van der Waals surface area contributed by atoms with Crippen molar-refractivity contribution >= 4 is 12.6 Å². The van der Waals surface area contributed by atoms with Gasteiger partial charge >= 0.3 is 0 Å². The van der Waals surface area contributed by atoms with Crippen LogP contribution in [-0.2, 0) is 11.3 Å². The highest BCUT2D eigenvalue weighted by molar-refractivity contribution is 5.98. The van der Waals surface area contributed by atoms with E-state index in [1.54, 1.807) is 7.11 Å². The summed E-state index contributed by atoms with van der Waals surface area (Å²) in [7, 11) is 1.65. The monoisotopic (exact) mass is 383 g/mol. The van der Waals surface area contributed by atoms with Crippen LogP contribution in [-0.4, -0.2) is 36.7 Å². The number of para-hydroxylation sites is 1. The molecular weight excluding hydrogens is 350 g/mol. The van der Waals surface area contributed by atoms with Gasteiger partial charge in [0, 0.05) is 35.3 Å². The summed E-state index contributed by atoms with van der Waals surface area (Å²) in [4.78, 5) is 19.5. The molecule has 1 aliphatic rings. The third kappa shape index (κ3) is 5.03. The number of carbonyl (C=O) groups excluding carboxylic acids is 1. The van der Waals surface area contributed by atoms with Crippen molar-refractivity contribution in [3.63, 3.8) is 0 Å². The molecule has 1 fully saturated rings. The van der Waals surface area contributed by atoms with Crippen LogP contribution < -0.4 is 10.1 Å². The number of benzene rings is 1. The zero-order chi connectivity index (χ0) is 20.9. The first-order valence-corrected chi connectivity index (χ1v) is 9.81. The number of hydrogen-bond acceptors (Lipinski definition) is 4. The van der Waals surface area contributed by atoms with Crippen LogP contribution in [0.1, 0.15) is 53.0 Å². The predicted molar refractivity (Wildman–Crippen MR) is 115 cm³/mol. The topological polar surface area (TPSA) is 53.9 Å². The molecule has 2 rings (SSSR count). The van der Waals surface area contributed by atoms with Gasteiger partial charge in [-0.2, -0.15) is 0 Å². The van der Waals surface area contributed by atoms with E-state index in [1.807, 2.05) is 56.9 Å². The molecule has 0 atom stereocenters. The summed E-state index contributed by atoms with van der Waals surface area (Å²) >= 11 is 0. The number of likely N-dealkylation sites (N-methyl/N-ethyl adjacent to an activating group) is 1. The molecule has 1 aliphatic carbocycles. The second-order valence-electron chi connectivity index (χ2n) is 7.82. The van der Waals surface area contributed by atoms with Crippen LogP contribution in [0.5, 0.6) is 5.75 Å². The second kappa shape index (κ2) is 9.09. The molecule has 1 aromatic carbocycles. The van der Waals surface area contributed by atoms with Gasteiger partial charge in [0.25, 0.3) is 5.91 Å². The van der Waals surface area contributed by atoms with Gasteiger partial charge in [-0.25, -0.2) is 4.99 Å². The molecule has 0 bridgehead atoms. The molecule has 1 aromatic rings. The van der Waals surface area contributed by atoms with E-state index in [0.717, 1.165) is 35.3 Å². The van der Waals surface area contributed by atoms with Crippen molar-refractivity contribution in [2.75, 3.05) is 13.7 Å². The van der Waals surface area contributed by atoms with Crippen molar-refractivity contribution in [1.82, 2.24) is 10.2 Å². The Kier molecular flexibility index (Phi) is 7.05. The van der Waals surface area contributed by atoms with Crippen molar-refractivity contribution < 1.29 is 9.53 Å². The molecule has 1 N–H and O–H groups in total. The third-order valence-corrected chi connectivity index (χ3v) is 5.25. The maximum Gasteiger partial charge on any atom is 0.254 e. The fraction of sp³-hybridized carbons (Fsp3) is 0.478. The third-order valence-electron chi connectivity index (χ3n) is 5.25. The summed E-state index contributed by atoms with van der Waals surface area (Å²) in [6.45, 7) is 14.8. The van der Waals surface area contributed by atoms with Crippen molar-refractivity contribution in [2.45, 2.75) is 59.5 Å². The first-order valence-electron chi connectivity index (χ1n) is 9.81. The van der Waals surface area contributed by atoms with Gasteiger partial charge in [0.15, 0.2) is 0 Å². The molecule has 1 saturated carbocycles. The van der Waals surface area contributed by atoms with Gasteiger partial charge in [0.05, 0.1) is 7.11 Å². The Morgan fingerprint density at radius 2 is 1.93 bits per heavy atom. The quantitative estimate of drug-likeness (QED) is 0.389. The molecule has 0 heterocycles. The Morgan fingerprint density at radius 3 is 2.43 bits per heavy atom. The number of nitrogens with one attached hydrogen (secondary N) is 1. The minimum absolute atomic E-state index is 0.00481. The summed E-state index contributed by atoms with van der Waals surface area (Å²) < 4.78 is 5.45. The van der Waals surface area contributed by atoms with Gasteiger partial charge in [-0.15, -0.1) is 0 Å². The van der Waals surface area contributed by atoms with Crippen LogP contribution in [0.3, 0.4) is 0 Å².